The Morgan fingerprint density at radius 3 is 2.21 bits per heavy atom. The van der Waals surface area contributed by atoms with Crippen LogP contribution in [0.2, 0.25) is 0 Å². The zero-order valence-corrected chi connectivity index (χ0v) is 15.3. The smallest absolute Gasteiger partial charge is 0.255 e. The van der Waals surface area contributed by atoms with Crippen LogP contribution in [0.4, 0.5) is 5.69 Å². The Morgan fingerprint density at radius 1 is 0.875 bits per heavy atom. The van der Waals surface area contributed by atoms with Crippen molar-refractivity contribution in [2.45, 2.75) is 10.6 Å². The number of carbonyl (C=O) groups excluding carboxylic acids is 1. The van der Waals surface area contributed by atoms with Crippen molar-refractivity contribution in [1.82, 2.24) is 0 Å². The molecule has 3 aromatic carbocycles. The van der Waals surface area contributed by atoms with E-state index in [1.165, 1.54) is 10.5 Å². The van der Waals surface area contributed by atoms with Gasteiger partial charge in [-0.05, 0) is 54.1 Å². The van der Waals surface area contributed by atoms with Crippen molar-refractivity contribution in [2.75, 3.05) is 5.32 Å². The molecule has 0 aliphatic carbocycles. The van der Waals surface area contributed by atoms with E-state index in [-0.39, 0.29) is 5.91 Å². The Hall–Kier alpha value is -2.04. The van der Waals surface area contributed by atoms with Crippen LogP contribution in [0, 0.1) is 0 Å². The predicted molar refractivity (Wildman–Crippen MR) is 105 cm³/mol. The molecule has 24 heavy (non-hydrogen) atoms. The number of benzene rings is 3. The summed E-state index contributed by atoms with van der Waals surface area (Å²) >= 11 is 5.17. The van der Waals surface area contributed by atoms with Gasteiger partial charge in [-0.25, -0.2) is 0 Å². The second kappa shape index (κ2) is 8.18. The van der Waals surface area contributed by atoms with E-state index in [9.17, 15) is 4.79 Å². The molecule has 3 rings (SSSR count). The highest BCUT2D eigenvalue weighted by atomic mass is 79.9. The van der Waals surface area contributed by atoms with Gasteiger partial charge in [-0.3, -0.25) is 4.79 Å². The van der Waals surface area contributed by atoms with Crippen molar-refractivity contribution >= 4 is 39.3 Å². The van der Waals surface area contributed by atoms with Crippen LogP contribution in [0.25, 0.3) is 0 Å². The third-order valence-corrected chi connectivity index (χ3v) is 5.08. The minimum Gasteiger partial charge on any atom is -0.322 e. The van der Waals surface area contributed by atoms with E-state index in [0.29, 0.717) is 5.56 Å². The average Bonchev–Trinajstić information content (AvgIpc) is 2.63. The van der Waals surface area contributed by atoms with Gasteiger partial charge in [-0.2, -0.15) is 0 Å². The van der Waals surface area contributed by atoms with Crippen molar-refractivity contribution in [1.29, 1.82) is 0 Å². The molecule has 2 nitrogen and oxygen atoms in total. The molecule has 0 unspecified atom stereocenters. The molecule has 0 spiro atoms. The van der Waals surface area contributed by atoms with Gasteiger partial charge < -0.3 is 5.32 Å². The van der Waals surface area contributed by atoms with Crippen LogP contribution in [-0.4, -0.2) is 5.91 Å². The van der Waals surface area contributed by atoms with Crippen LogP contribution in [0.5, 0.6) is 0 Å². The lowest BCUT2D eigenvalue weighted by molar-refractivity contribution is 0.102. The molecule has 1 amide bonds. The normalized spacial score (nSPS) is 10.4. The van der Waals surface area contributed by atoms with Gasteiger partial charge in [0.15, 0.2) is 0 Å². The SMILES string of the molecule is O=C(Nc1ccc(Br)cc1)c1ccc(CSc2ccccc2)cc1. The van der Waals surface area contributed by atoms with Crippen molar-refractivity contribution in [3.63, 3.8) is 0 Å². The fourth-order valence-corrected chi connectivity index (χ4v) is 3.31. The van der Waals surface area contributed by atoms with E-state index in [0.717, 1.165) is 15.9 Å². The molecule has 120 valence electrons. The Morgan fingerprint density at radius 2 is 1.54 bits per heavy atom. The van der Waals surface area contributed by atoms with E-state index < -0.39 is 0 Å². The lowest BCUT2D eigenvalue weighted by atomic mass is 10.1. The summed E-state index contributed by atoms with van der Waals surface area (Å²) in [6.45, 7) is 0. The van der Waals surface area contributed by atoms with Crippen molar-refractivity contribution in [3.8, 4) is 0 Å². The maximum absolute atomic E-state index is 12.3. The number of hydrogen-bond donors (Lipinski definition) is 1. The topological polar surface area (TPSA) is 29.1 Å². The number of halogens is 1. The van der Waals surface area contributed by atoms with Crippen LogP contribution in [-0.2, 0) is 5.75 Å². The Kier molecular flexibility index (Phi) is 5.72. The van der Waals surface area contributed by atoms with Gasteiger partial charge in [0, 0.05) is 26.4 Å². The van der Waals surface area contributed by atoms with Crippen molar-refractivity contribution < 1.29 is 4.79 Å². The maximum atomic E-state index is 12.3. The number of nitrogens with one attached hydrogen (secondary N) is 1. The number of carbonyl (C=O) groups is 1. The van der Waals surface area contributed by atoms with Gasteiger partial charge in [0.1, 0.15) is 0 Å². The van der Waals surface area contributed by atoms with Crippen LogP contribution in [0.15, 0.2) is 88.2 Å². The standard InChI is InChI=1S/C20H16BrNOS/c21-17-10-12-18(13-11-17)22-20(23)16-8-6-15(7-9-16)14-24-19-4-2-1-3-5-19/h1-13H,14H2,(H,22,23). The van der Waals surface area contributed by atoms with E-state index in [4.69, 9.17) is 0 Å². The van der Waals surface area contributed by atoms with E-state index in [1.807, 2.05) is 66.7 Å². The quantitative estimate of drug-likeness (QED) is 0.535. The highest BCUT2D eigenvalue weighted by molar-refractivity contribution is 9.10. The monoisotopic (exact) mass is 397 g/mol. The first-order valence-corrected chi connectivity index (χ1v) is 9.32. The molecule has 0 aliphatic heterocycles. The third kappa shape index (κ3) is 4.73. The Bertz CT molecular complexity index is 801. The summed E-state index contributed by atoms with van der Waals surface area (Å²) in [4.78, 5) is 13.5. The van der Waals surface area contributed by atoms with Gasteiger partial charge in [0.25, 0.3) is 5.91 Å². The van der Waals surface area contributed by atoms with Gasteiger partial charge in [-0.15, -0.1) is 11.8 Å². The molecular weight excluding hydrogens is 382 g/mol. The van der Waals surface area contributed by atoms with Crippen molar-refractivity contribution in [2.24, 2.45) is 0 Å². The second-order valence-corrected chi connectivity index (χ2v) is 7.22. The van der Waals surface area contributed by atoms with Crippen molar-refractivity contribution in [3.05, 3.63) is 94.5 Å². The van der Waals surface area contributed by atoms with Gasteiger partial charge in [0.2, 0.25) is 0 Å². The molecule has 0 radical (unpaired) electrons. The Balaban J connectivity index is 1.59. The van der Waals surface area contributed by atoms with Crippen LogP contribution >= 0.6 is 27.7 Å². The van der Waals surface area contributed by atoms with Gasteiger partial charge in [0.05, 0.1) is 0 Å². The second-order valence-electron chi connectivity index (χ2n) is 5.26. The lowest BCUT2D eigenvalue weighted by Crippen LogP contribution is -2.11. The molecule has 4 heteroatoms. The highest BCUT2D eigenvalue weighted by Gasteiger charge is 2.06. The van der Waals surface area contributed by atoms with Crippen LogP contribution < -0.4 is 5.32 Å². The minimum atomic E-state index is -0.0976. The fourth-order valence-electron chi connectivity index (χ4n) is 2.17. The molecule has 1 N–H and O–H groups in total. The van der Waals surface area contributed by atoms with E-state index >= 15 is 0 Å². The highest BCUT2D eigenvalue weighted by Crippen LogP contribution is 2.22. The summed E-state index contributed by atoms with van der Waals surface area (Å²) in [5.74, 6) is 0.790. The third-order valence-electron chi connectivity index (χ3n) is 3.47. The molecule has 0 atom stereocenters. The first kappa shape index (κ1) is 16.8. The zero-order chi connectivity index (χ0) is 16.8. The van der Waals surface area contributed by atoms with E-state index in [1.54, 1.807) is 11.8 Å². The Labute approximate surface area is 154 Å². The first-order valence-electron chi connectivity index (χ1n) is 7.54. The molecular formula is C20H16BrNOS. The van der Waals surface area contributed by atoms with Crippen LogP contribution in [0.1, 0.15) is 15.9 Å². The molecule has 0 aliphatic rings. The zero-order valence-electron chi connectivity index (χ0n) is 12.9. The fraction of sp³-hybridized carbons (Fsp3) is 0.0500. The molecule has 0 heterocycles. The largest absolute Gasteiger partial charge is 0.322 e. The molecule has 0 fully saturated rings. The number of hydrogen-bond acceptors (Lipinski definition) is 2. The number of amides is 1. The molecule has 0 saturated carbocycles. The summed E-state index contributed by atoms with van der Waals surface area (Å²) < 4.78 is 0.987. The molecule has 3 aromatic rings. The lowest BCUT2D eigenvalue weighted by Gasteiger charge is -2.07. The summed E-state index contributed by atoms with van der Waals surface area (Å²) in [5.41, 5.74) is 2.64. The summed E-state index contributed by atoms with van der Waals surface area (Å²) in [7, 11) is 0. The summed E-state index contributed by atoms with van der Waals surface area (Å²) in [5, 5.41) is 2.90. The van der Waals surface area contributed by atoms with Gasteiger partial charge in [-0.1, -0.05) is 46.3 Å². The minimum absolute atomic E-state index is 0.0976. The number of thioether (sulfide) groups is 1. The average molecular weight is 398 g/mol. The number of rotatable bonds is 5. The molecule has 0 saturated heterocycles. The van der Waals surface area contributed by atoms with E-state index in [2.05, 4.69) is 33.4 Å². The molecule has 0 aromatic heterocycles. The predicted octanol–water partition coefficient (Wildman–Crippen LogP) is 5.99. The summed E-state index contributed by atoms with van der Waals surface area (Å²) in [6, 6.07) is 25.6. The van der Waals surface area contributed by atoms with Gasteiger partial charge >= 0.3 is 0 Å². The maximum Gasteiger partial charge on any atom is 0.255 e. The van der Waals surface area contributed by atoms with Crippen LogP contribution in [0.3, 0.4) is 0 Å². The molecule has 0 bridgehead atoms. The first-order chi connectivity index (χ1) is 11.7. The summed E-state index contributed by atoms with van der Waals surface area (Å²) in [6.07, 6.45) is 0. The number of anilines is 1.